The third-order valence-electron chi connectivity index (χ3n) is 1.80. The van der Waals surface area contributed by atoms with Gasteiger partial charge in [0, 0.05) is 5.70 Å². The maximum absolute atomic E-state index is 11.6. The van der Waals surface area contributed by atoms with Gasteiger partial charge in [0.25, 0.3) is 5.24 Å². The Kier molecular flexibility index (Phi) is 8.31. The summed E-state index contributed by atoms with van der Waals surface area (Å²) in [4.78, 5) is 23.2. The Morgan fingerprint density at radius 1 is 1.22 bits per heavy atom. The van der Waals surface area contributed by atoms with Crippen LogP contribution in [0.2, 0.25) is 0 Å². The summed E-state index contributed by atoms with van der Waals surface area (Å²) < 4.78 is 0. The van der Waals surface area contributed by atoms with Gasteiger partial charge < -0.3 is 5.32 Å². The molecule has 0 aromatic rings. The van der Waals surface area contributed by atoms with Crippen molar-refractivity contribution < 1.29 is 9.59 Å². The third-order valence-corrected chi connectivity index (χ3v) is 2.83. The van der Waals surface area contributed by atoms with Gasteiger partial charge in [-0.05, 0) is 37.8 Å². The molecule has 0 radical (unpaired) electrons. The minimum Gasteiger partial charge on any atom is -0.317 e. The summed E-state index contributed by atoms with van der Waals surface area (Å²) in [7, 11) is 0. The average molecular weight is 263 g/mol. The second kappa shape index (κ2) is 9.24. The molecule has 3 nitrogen and oxygen atoms in total. The second-order valence-corrected chi connectivity index (χ2v) is 4.19. The second-order valence-electron chi connectivity index (χ2n) is 3.17. The molecule has 0 aromatic heterocycles. The summed E-state index contributed by atoms with van der Waals surface area (Å²) >= 11 is 0.864. The first-order valence-electron chi connectivity index (χ1n) is 5.33. The van der Waals surface area contributed by atoms with Crippen molar-refractivity contribution in [2.45, 2.75) is 13.8 Å². The minimum absolute atomic E-state index is 0.131. The molecule has 18 heavy (non-hydrogen) atoms. The molecule has 0 spiro atoms. The molecule has 0 atom stereocenters. The van der Waals surface area contributed by atoms with Gasteiger partial charge >= 0.3 is 0 Å². The van der Waals surface area contributed by atoms with Crippen molar-refractivity contribution in [3.05, 3.63) is 60.2 Å². The number of thioether (sulfide) groups is 1. The van der Waals surface area contributed by atoms with Crippen LogP contribution in [0.3, 0.4) is 0 Å². The summed E-state index contributed by atoms with van der Waals surface area (Å²) in [5, 5.41) is 2.31. The predicted molar refractivity (Wildman–Crippen MR) is 78.2 cm³/mol. The van der Waals surface area contributed by atoms with Crippen molar-refractivity contribution >= 4 is 22.8 Å². The van der Waals surface area contributed by atoms with Crippen molar-refractivity contribution in [3.8, 4) is 0 Å². The van der Waals surface area contributed by atoms with Crippen molar-refractivity contribution in [1.82, 2.24) is 5.32 Å². The normalized spacial score (nSPS) is 12.3. The van der Waals surface area contributed by atoms with E-state index in [-0.39, 0.29) is 11.0 Å². The molecule has 0 unspecified atom stereocenters. The summed E-state index contributed by atoms with van der Waals surface area (Å²) in [5.41, 5.74) is 0.560. The van der Waals surface area contributed by atoms with E-state index in [0.717, 1.165) is 11.8 Å². The Hall–Kier alpha value is -1.81. The topological polar surface area (TPSA) is 46.2 Å². The van der Waals surface area contributed by atoms with Gasteiger partial charge in [0.05, 0.1) is 4.91 Å². The van der Waals surface area contributed by atoms with Crippen LogP contribution in [0.25, 0.3) is 0 Å². The van der Waals surface area contributed by atoms with E-state index < -0.39 is 0 Å². The molecule has 1 amide bonds. The molecule has 0 aliphatic carbocycles. The molecule has 0 fully saturated rings. The van der Waals surface area contributed by atoms with Crippen LogP contribution in [0.1, 0.15) is 13.8 Å². The molecule has 0 saturated carbocycles. The van der Waals surface area contributed by atoms with Crippen LogP contribution >= 0.6 is 11.8 Å². The molecule has 1 N–H and O–H groups in total. The van der Waals surface area contributed by atoms with Gasteiger partial charge in [0.15, 0.2) is 5.78 Å². The number of allylic oxidation sites excluding steroid dienone is 7. The molecular weight excluding hydrogens is 246 g/mol. The third kappa shape index (κ3) is 6.70. The van der Waals surface area contributed by atoms with Crippen LogP contribution < -0.4 is 5.32 Å². The molecule has 0 heterocycles. The van der Waals surface area contributed by atoms with Crippen molar-refractivity contribution in [1.29, 1.82) is 0 Å². The number of carbonyl (C=O) groups excluding carboxylic acids is 2. The number of carbonyl (C=O) groups is 2. The number of amides is 1. The van der Waals surface area contributed by atoms with Gasteiger partial charge in [0.2, 0.25) is 0 Å². The number of hydrogen-bond acceptors (Lipinski definition) is 3. The molecule has 0 aliphatic heterocycles. The van der Waals surface area contributed by atoms with E-state index in [4.69, 9.17) is 0 Å². The van der Waals surface area contributed by atoms with Gasteiger partial charge in [-0.3, -0.25) is 9.59 Å². The lowest BCUT2D eigenvalue weighted by atomic mass is 10.3. The van der Waals surface area contributed by atoms with E-state index in [9.17, 15) is 9.59 Å². The van der Waals surface area contributed by atoms with Crippen LogP contribution in [0.5, 0.6) is 0 Å². The highest BCUT2D eigenvalue weighted by atomic mass is 32.2. The highest BCUT2D eigenvalue weighted by Gasteiger charge is 2.10. The Balaban J connectivity index is 4.59. The highest BCUT2D eigenvalue weighted by molar-refractivity contribution is 8.17. The van der Waals surface area contributed by atoms with Crippen molar-refractivity contribution in [2.75, 3.05) is 0 Å². The van der Waals surface area contributed by atoms with E-state index in [1.807, 2.05) is 0 Å². The molecular formula is C14H17NO2S. The monoisotopic (exact) mass is 263 g/mol. The van der Waals surface area contributed by atoms with E-state index in [1.54, 1.807) is 37.3 Å². The Morgan fingerprint density at radius 3 is 2.33 bits per heavy atom. The summed E-state index contributed by atoms with van der Waals surface area (Å²) in [6.45, 7) is 10.3. The highest BCUT2D eigenvalue weighted by Crippen LogP contribution is 2.17. The van der Waals surface area contributed by atoms with Crippen LogP contribution in [-0.4, -0.2) is 11.0 Å². The SMILES string of the molecule is C=C/C=C\C=C(/C=C)NC(=O)S/C(=C/C)C(C)=O. The quantitative estimate of drug-likeness (QED) is 0.586. The smallest absolute Gasteiger partial charge is 0.288 e. The molecule has 0 aromatic carbocycles. The maximum Gasteiger partial charge on any atom is 0.288 e. The largest absolute Gasteiger partial charge is 0.317 e. The molecule has 0 aliphatic rings. The van der Waals surface area contributed by atoms with E-state index >= 15 is 0 Å². The fraction of sp³-hybridized carbons (Fsp3) is 0.143. The molecule has 0 saturated heterocycles. The van der Waals surface area contributed by atoms with Crippen LogP contribution in [0.4, 0.5) is 4.79 Å². The fourth-order valence-electron chi connectivity index (χ4n) is 0.976. The van der Waals surface area contributed by atoms with Gasteiger partial charge in [-0.2, -0.15) is 0 Å². The molecule has 0 rings (SSSR count). The van der Waals surface area contributed by atoms with Crippen LogP contribution in [0.15, 0.2) is 60.2 Å². The molecule has 96 valence electrons. The number of rotatable bonds is 6. The minimum atomic E-state index is -0.323. The number of nitrogens with one attached hydrogen (secondary N) is 1. The van der Waals surface area contributed by atoms with Crippen LogP contribution in [-0.2, 0) is 4.79 Å². The van der Waals surface area contributed by atoms with Crippen molar-refractivity contribution in [3.63, 3.8) is 0 Å². The predicted octanol–water partition coefficient (Wildman–Crippen LogP) is 3.73. The summed E-state index contributed by atoms with van der Waals surface area (Å²) in [6, 6.07) is 0. The number of hydrogen-bond donors (Lipinski definition) is 1. The first-order valence-corrected chi connectivity index (χ1v) is 6.14. The Labute approximate surface area is 112 Å². The number of Topliss-reactive ketones (excluding diaryl/α,β-unsaturated/α-hetero) is 1. The van der Waals surface area contributed by atoms with Gasteiger partial charge in [-0.15, -0.1) is 0 Å². The van der Waals surface area contributed by atoms with E-state index in [1.165, 1.54) is 13.0 Å². The zero-order valence-corrected chi connectivity index (χ0v) is 11.4. The molecule has 4 heteroatoms. The van der Waals surface area contributed by atoms with Crippen LogP contribution in [0, 0.1) is 0 Å². The summed E-state index contributed by atoms with van der Waals surface area (Å²) in [6.07, 6.45) is 9.92. The lowest BCUT2D eigenvalue weighted by molar-refractivity contribution is -0.112. The lowest BCUT2D eigenvalue weighted by Gasteiger charge is -2.05. The number of ketones is 1. The standard InChI is InChI=1S/C14H17NO2S/c1-5-8-9-10-12(6-2)15-14(17)18-13(7-3)11(4)16/h5-10H,1-2H2,3-4H3,(H,15,17)/b9-8-,12-10+,13-7+. The zero-order chi connectivity index (χ0) is 14.0. The Morgan fingerprint density at radius 2 is 1.89 bits per heavy atom. The van der Waals surface area contributed by atoms with Crippen molar-refractivity contribution in [2.24, 2.45) is 0 Å². The van der Waals surface area contributed by atoms with Gasteiger partial charge in [-0.1, -0.05) is 37.5 Å². The van der Waals surface area contributed by atoms with Gasteiger partial charge in [0.1, 0.15) is 0 Å². The van der Waals surface area contributed by atoms with Gasteiger partial charge in [-0.25, -0.2) is 0 Å². The first kappa shape index (κ1) is 16.2. The fourth-order valence-corrected chi connectivity index (χ4v) is 1.61. The maximum atomic E-state index is 11.6. The molecule has 0 bridgehead atoms. The Bertz CT molecular complexity index is 431. The first-order chi connectivity index (χ1) is 8.54. The average Bonchev–Trinajstić information content (AvgIpc) is 2.34. The zero-order valence-electron chi connectivity index (χ0n) is 10.6. The van der Waals surface area contributed by atoms with E-state index in [2.05, 4.69) is 18.5 Å². The lowest BCUT2D eigenvalue weighted by Crippen LogP contribution is -2.17. The summed E-state index contributed by atoms with van der Waals surface area (Å²) in [5.74, 6) is -0.131. The van der Waals surface area contributed by atoms with E-state index in [0.29, 0.717) is 10.6 Å².